The Morgan fingerprint density at radius 2 is 1.54 bits per heavy atom. The first kappa shape index (κ1) is 17.8. The van der Waals surface area contributed by atoms with Crippen LogP contribution in [-0.2, 0) is 4.74 Å². The van der Waals surface area contributed by atoms with Crippen molar-refractivity contribution in [3.63, 3.8) is 0 Å². The van der Waals surface area contributed by atoms with Crippen molar-refractivity contribution in [3.05, 3.63) is 66.2 Å². The number of hydrogen-bond acceptors (Lipinski definition) is 4. The monoisotopic (exact) mass is 328 g/mol. The van der Waals surface area contributed by atoms with Gasteiger partial charge in [0, 0.05) is 0 Å². The highest BCUT2D eigenvalue weighted by atomic mass is 16.7. The zero-order valence-electron chi connectivity index (χ0n) is 14.5. The van der Waals surface area contributed by atoms with Crippen molar-refractivity contribution in [2.75, 3.05) is 0 Å². The molecule has 2 aromatic rings. The maximum Gasteiger partial charge on any atom is 0.424 e. The molecule has 0 radical (unpaired) electrons. The molecule has 1 N–H and O–H groups in total. The van der Waals surface area contributed by atoms with Crippen LogP contribution >= 0.6 is 0 Å². The molecule has 0 heterocycles. The van der Waals surface area contributed by atoms with E-state index in [9.17, 15) is 4.79 Å². The number of nitrogens with one attached hydrogen (secondary N) is 1. The molecule has 0 aliphatic heterocycles. The molecule has 1 amide bonds. The molecule has 24 heavy (non-hydrogen) atoms. The molecule has 5 heteroatoms. The molecule has 1 unspecified atom stereocenters. The molecule has 0 aromatic heterocycles. The van der Waals surface area contributed by atoms with Crippen molar-refractivity contribution < 1.29 is 14.4 Å². The largest absolute Gasteiger partial charge is 0.443 e. The first-order valence-electron chi connectivity index (χ1n) is 7.92. The molecule has 128 valence electrons. The van der Waals surface area contributed by atoms with Crippen LogP contribution < -0.4 is 10.3 Å². The van der Waals surface area contributed by atoms with E-state index in [1.165, 1.54) is 5.17 Å². The molecule has 0 saturated heterocycles. The van der Waals surface area contributed by atoms with Crippen molar-refractivity contribution in [1.29, 1.82) is 0 Å². The van der Waals surface area contributed by atoms with Crippen LogP contribution in [0.3, 0.4) is 0 Å². The third-order valence-corrected chi connectivity index (χ3v) is 3.18. The number of ether oxygens (including phenoxy) is 1. The molecular weight excluding hydrogens is 304 g/mol. The minimum absolute atomic E-state index is 0.209. The molecule has 0 bridgehead atoms. The van der Waals surface area contributed by atoms with Crippen LogP contribution in [0.2, 0.25) is 0 Å². The van der Waals surface area contributed by atoms with Crippen molar-refractivity contribution in [2.24, 2.45) is 0 Å². The van der Waals surface area contributed by atoms with Gasteiger partial charge in [-0.25, -0.2) is 10.2 Å². The number of hydrogen-bond donors (Lipinski definition) is 1. The lowest BCUT2D eigenvalue weighted by Gasteiger charge is -2.30. The van der Waals surface area contributed by atoms with Crippen molar-refractivity contribution in [3.8, 4) is 5.75 Å². The van der Waals surface area contributed by atoms with Gasteiger partial charge in [0.2, 0.25) is 0 Å². The second-order valence-electron chi connectivity index (χ2n) is 6.43. The molecule has 1 atom stereocenters. The Kier molecular flexibility index (Phi) is 5.82. The van der Waals surface area contributed by atoms with Crippen LogP contribution in [0.4, 0.5) is 4.79 Å². The van der Waals surface area contributed by atoms with Crippen molar-refractivity contribution in [1.82, 2.24) is 10.6 Å². The third kappa shape index (κ3) is 5.59. The summed E-state index contributed by atoms with van der Waals surface area (Å²) in [5, 5.41) is 1.40. The fraction of sp³-hybridized carbons (Fsp3) is 0.316. The molecule has 0 aliphatic carbocycles. The Labute approximate surface area is 143 Å². The van der Waals surface area contributed by atoms with Gasteiger partial charge in [-0.2, -0.15) is 0 Å². The SMILES string of the molecule is CC(c1ccccc1)N(NC(=O)OC(C)(C)C)Oc1ccccc1. The highest BCUT2D eigenvalue weighted by Gasteiger charge is 2.24. The van der Waals surface area contributed by atoms with E-state index in [2.05, 4.69) is 5.43 Å². The topological polar surface area (TPSA) is 50.8 Å². The quantitative estimate of drug-likeness (QED) is 0.822. The number of para-hydroxylation sites is 1. The first-order valence-corrected chi connectivity index (χ1v) is 7.92. The Bertz CT molecular complexity index is 639. The van der Waals surface area contributed by atoms with E-state index < -0.39 is 11.7 Å². The minimum Gasteiger partial charge on any atom is -0.443 e. The van der Waals surface area contributed by atoms with E-state index in [-0.39, 0.29) is 6.04 Å². The van der Waals surface area contributed by atoms with Gasteiger partial charge in [0.15, 0.2) is 0 Å². The fourth-order valence-corrected chi connectivity index (χ4v) is 2.05. The number of benzene rings is 2. The summed E-state index contributed by atoms with van der Waals surface area (Å²) >= 11 is 0. The van der Waals surface area contributed by atoms with Crippen molar-refractivity contribution in [2.45, 2.75) is 39.3 Å². The zero-order valence-corrected chi connectivity index (χ0v) is 14.5. The van der Waals surface area contributed by atoms with Gasteiger partial charge in [-0.05, 0) is 50.6 Å². The van der Waals surface area contributed by atoms with Gasteiger partial charge >= 0.3 is 6.09 Å². The van der Waals surface area contributed by atoms with E-state index in [0.29, 0.717) is 5.75 Å². The Morgan fingerprint density at radius 3 is 2.08 bits per heavy atom. The second-order valence-corrected chi connectivity index (χ2v) is 6.43. The van der Waals surface area contributed by atoms with Crippen LogP contribution in [0.25, 0.3) is 0 Å². The van der Waals surface area contributed by atoms with Gasteiger partial charge in [0.1, 0.15) is 11.4 Å². The van der Waals surface area contributed by atoms with Gasteiger partial charge in [-0.3, -0.25) is 0 Å². The number of carbonyl (C=O) groups is 1. The minimum atomic E-state index is -0.585. The number of rotatable bonds is 5. The lowest BCUT2D eigenvalue weighted by molar-refractivity contribution is -0.134. The van der Waals surface area contributed by atoms with Gasteiger partial charge in [0.05, 0.1) is 6.04 Å². The number of carbonyl (C=O) groups excluding carboxylic acids is 1. The maximum atomic E-state index is 12.1. The van der Waals surface area contributed by atoms with Gasteiger partial charge in [-0.1, -0.05) is 48.5 Å². The molecule has 2 aromatic carbocycles. The standard InChI is InChI=1S/C19H24N2O3/c1-15(16-11-7-5-8-12-16)21(20-18(22)23-19(2,3)4)24-17-13-9-6-10-14-17/h5-15H,1-4H3,(H,20,22). The van der Waals surface area contributed by atoms with Gasteiger partial charge in [0.25, 0.3) is 0 Å². The molecule has 0 spiro atoms. The summed E-state index contributed by atoms with van der Waals surface area (Å²) in [6.45, 7) is 7.39. The molecule has 2 rings (SSSR count). The number of hydroxylamine groups is 1. The highest BCUT2D eigenvalue weighted by molar-refractivity contribution is 5.67. The first-order chi connectivity index (χ1) is 11.3. The van der Waals surface area contributed by atoms with E-state index in [0.717, 1.165) is 5.56 Å². The molecule has 0 saturated carbocycles. The fourth-order valence-electron chi connectivity index (χ4n) is 2.05. The Balaban J connectivity index is 2.16. The Morgan fingerprint density at radius 1 is 1.00 bits per heavy atom. The molecule has 5 nitrogen and oxygen atoms in total. The second kappa shape index (κ2) is 7.84. The normalized spacial score (nSPS) is 12.5. The summed E-state index contributed by atoms with van der Waals surface area (Å²) < 4.78 is 5.32. The Hall–Kier alpha value is -2.53. The lowest BCUT2D eigenvalue weighted by atomic mass is 10.1. The summed E-state index contributed by atoms with van der Waals surface area (Å²) in [6.07, 6.45) is -0.568. The highest BCUT2D eigenvalue weighted by Crippen LogP contribution is 2.21. The third-order valence-electron chi connectivity index (χ3n) is 3.18. The molecular formula is C19H24N2O3. The summed E-state index contributed by atoms with van der Waals surface area (Å²) in [5.74, 6) is 0.622. The van der Waals surface area contributed by atoms with E-state index in [1.807, 2.05) is 88.4 Å². The molecule has 0 fully saturated rings. The average molecular weight is 328 g/mol. The van der Waals surface area contributed by atoms with E-state index in [1.54, 1.807) is 0 Å². The zero-order chi connectivity index (χ0) is 17.6. The number of hydrazine groups is 1. The van der Waals surface area contributed by atoms with Crippen LogP contribution in [-0.4, -0.2) is 16.9 Å². The van der Waals surface area contributed by atoms with Gasteiger partial charge in [-0.15, -0.1) is 0 Å². The summed E-state index contributed by atoms with van der Waals surface area (Å²) in [6, 6.07) is 18.9. The van der Waals surface area contributed by atoms with E-state index in [4.69, 9.17) is 9.57 Å². The maximum absolute atomic E-state index is 12.1. The lowest BCUT2D eigenvalue weighted by Crippen LogP contribution is -2.47. The average Bonchev–Trinajstić information content (AvgIpc) is 2.53. The van der Waals surface area contributed by atoms with Crippen LogP contribution in [0.5, 0.6) is 5.75 Å². The summed E-state index contributed by atoms with van der Waals surface area (Å²) in [7, 11) is 0. The summed E-state index contributed by atoms with van der Waals surface area (Å²) in [4.78, 5) is 18.0. The summed E-state index contributed by atoms with van der Waals surface area (Å²) in [5.41, 5.74) is 3.09. The van der Waals surface area contributed by atoms with E-state index >= 15 is 0 Å². The van der Waals surface area contributed by atoms with Crippen molar-refractivity contribution >= 4 is 6.09 Å². The van der Waals surface area contributed by atoms with Crippen LogP contribution in [0, 0.1) is 0 Å². The predicted octanol–water partition coefficient (Wildman–Crippen LogP) is 4.48. The van der Waals surface area contributed by atoms with Crippen LogP contribution in [0.1, 0.15) is 39.3 Å². The van der Waals surface area contributed by atoms with Gasteiger partial charge < -0.3 is 9.57 Å². The number of nitrogens with zero attached hydrogens (tertiary/aromatic N) is 1. The van der Waals surface area contributed by atoms with Crippen LogP contribution in [0.15, 0.2) is 60.7 Å². The predicted molar refractivity (Wildman–Crippen MR) is 93.1 cm³/mol. The number of amides is 1. The molecule has 0 aliphatic rings. The smallest absolute Gasteiger partial charge is 0.424 e.